The van der Waals surface area contributed by atoms with Crippen LogP contribution in [-0.2, 0) is 16.8 Å². The number of benzene rings is 1. The van der Waals surface area contributed by atoms with E-state index in [-0.39, 0.29) is 17.6 Å². The summed E-state index contributed by atoms with van der Waals surface area (Å²) in [6.45, 7) is 3.60. The molecule has 1 unspecified atom stereocenters. The molecule has 27 heavy (non-hydrogen) atoms. The molecule has 4 nitrogen and oxygen atoms in total. The lowest BCUT2D eigenvalue weighted by atomic mass is 9.83. The Kier molecular flexibility index (Phi) is 4.54. The zero-order valence-corrected chi connectivity index (χ0v) is 16.4. The molecule has 5 heteroatoms. The fourth-order valence-corrected chi connectivity index (χ4v) is 6.13. The van der Waals surface area contributed by atoms with Gasteiger partial charge in [0.1, 0.15) is 0 Å². The molecule has 2 aromatic rings. The number of carbonyl (C=O) groups is 1. The summed E-state index contributed by atoms with van der Waals surface area (Å²) in [6, 6.07) is 12.8. The molecule has 1 amide bonds. The van der Waals surface area contributed by atoms with Crippen molar-refractivity contribution in [2.45, 2.75) is 43.7 Å². The van der Waals surface area contributed by atoms with Crippen LogP contribution in [0.4, 0.5) is 0 Å². The lowest BCUT2D eigenvalue weighted by Crippen LogP contribution is -2.44. The van der Waals surface area contributed by atoms with Gasteiger partial charge in [-0.3, -0.25) is 4.79 Å². The molecule has 0 bridgehead atoms. The average molecular weight is 383 g/mol. The van der Waals surface area contributed by atoms with E-state index in [1.54, 1.807) is 11.3 Å². The summed E-state index contributed by atoms with van der Waals surface area (Å²) < 4.78 is 6.28. The van der Waals surface area contributed by atoms with Crippen molar-refractivity contribution in [1.82, 2.24) is 10.2 Å². The summed E-state index contributed by atoms with van der Waals surface area (Å²) in [6.07, 6.45) is 5.07. The van der Waals surface area contributed by atoms with Gasteiger partial charge in [-0.2, -0.15) is 0 Å². The maximum Gasteiger partial charge on any atom is 0.264 e. The Morgan fingerprint density at radius 3 is 2.85 bits per heavy atom. The lowest BCUT2D eigenvalue weighted by Gasteiger charge is -2.40. The molecule has 1 spiro atoms. The number of amides is 1. The first kappa shape index (κ1) is 17.4. The van der Waals surface area contributed by atoms with Crippen LogP contribution in [0.3, 0.4) is 0 Å². The highest BCUT2D eigenvalue weighted by molar-refractivity contribution is 7.14. The van der Waals surface area contributed by atoms with Crippen LogP contribution in [0.25, 0.3) is 0 Å². The van der Waals surface area contributed by atoms with E-state index in [4.69, 9.17) is 4.74 Å². The average Bonchev–Trinajstić information content (AvgIpc) is 3.37. The second-order valence-electron chi connectivity index (χ2n) is 7.86. The summed E-state index contributed by atoms with van der Waals surface area (Å²) in [5, 5.41) is 3.43. The number of nitrogens with zero attached hydrogens (tertiary/aromatic N) is 1. The Morgan fingerprint density at radius 2 is 2.04 bits per heavy atom. The van der Waals surface area contributed by atoms with Crippen LogP contribution in [-0.4, -0.2) is 37.0 Å². The van der Waals surface area contributed by atoms with Gasteiger partial charge in [0.15, 0.2) is 0 Å². The lowest BCUT2D eigenvalue weighted by molar-refractivity contribution is -0.0792. The van der Waals surface area contributed by atoms with Crippen LogP contribution < -0.4 is 5.32 Å². The van der Waals surface area contributed by atoms with E-state index in [0.717, 1.165) is 63.2 Å². The number of fused-ring (bicyclic) bond motifs is 2. The van der Waals surface area contributed by atoms with Gasteiger partial charge in [0.05, 0.1) is 23.1 Å². The normalized spacial score (nSPS) is 24.1. The zero-order chi connectivity index (χ0) is 18.3. The third-order valence-corrected chi connectivity index (χ3v) is 7.51. The highest BCUT2D eigenvalue weighted by atomic mass is 32.1. The van der Waals surface area contributed by atoms with Gasteiger partial charge in [-0.15, -0.1) is 11.3 Å². The van der Waals surface area contributed by atoms with Crippen LogP contribution >= 0.6 is 11.3 Å². The van der Waals surface area contributed by atoms with Crippen LogP contribution in [0.1, 0.15) is 57.4 Å². The molecule has 2 saturated heterocycles. The molecule has 0 saturated carbocycles. The highest BCUT2D eigenvalue weighted by Crippen LogP contribution is 2.44. The monoisotopic (exact) mass is 382 g/mol. The highest BCUT2D eigenvalue weighted by Gasteiger charge is 2.41. The van der Waals surface area contributed by atoms with Gasteiger partial charge in [-0.05, 0) is 56.0 Å². The minimum atomic E-state index is -0.169. The van der Waals surface area contributed by atoms with Crippen molar-refractivity contribution in [3.05, 3.63) is 57.3 Å². The first-order valence-electron chi connectivity index (χ1n) is 10.1. The first-order valence-corrected chi connectivity index (χ1v) is 10.9. The summed E-state index contributed by atoms with van der Waals surface area (Å²) in [7, 11) is 0. The van der Waals surface area contributed by atoms with E-state index in [0.29, 0.717) is 0 Å². The van der Waals surface area contributed by atoms with E-state index >= 15 is 0 Å². The molecule has 0 radical (unpaired) electrons. The van der Waals surface area contributed by atoms with Gasteiger partial charge in [0, 0.05) is 17.8 Å². The summed E-state index contributed by atoms with van der Waals surface area (Å²) in [4.78, 5) is 17.7. The predicted octanol–water partition coefficient (Wildman–Crippen LogP) is 3.88. The maximum atomic E-state index is 13.4. The van der Waals surface area contributed by atoms with E-state index < -0.39 is 0 Å². The first-order chi connectivity index (χ1) is 13.3. The van der Waals surface area contributed by atoms with Gasteiger partial charge in [-0.1, -0.05) is 30.3 Å². The number of carbonyl (C=O) groups excluding carboxylic acids is 1. The standard InChI is InChI=1S/C22H26N2O2S/c25-21(24-13-4-7-18(24)16-5-2-1-3-6-16)20-15-17-19(27-20)8-14-26-22(17)9-11-23-12-10-22/h1-3,5-6,15,18,23H,4,7-14H2. The Hall–Kier alpha value is -1.69. The predicted molar refractivity (Wildman–Crippen MR) is 107 cm³/mol. The topological polar surface area (TPSA) is 41.6 Å². The molecule has 142 valence electrons. The Bertz CT molecular complexity index is 826. The SMILES string of the molecule is O=C(c1cc2c(s1)CCOC21CCNCC1)N1CCCC1c1ccccc1. The second kappa shape index (κ2) is 7.04. The minimum Gasteiger partial charge on any atom is -0.370 e. The molecule has 4 heterocycles. The number of piperidine rings is 1. The fourth-order valence-electron chi connectivity index (χ4n) is 4.94. The number of ether oxygens (including phenoxy) is 1. The van der Waals surface area contributed by atoms with E-state index in [9.17, 15) is 4.79 Å². The summed E-state index contributed by atoms with van der Waals surface area (Å²) >= 11 is 1.70. The number of hydrogen-bond donors (Lipinski definition) is 1. The van der Waals surface area contributed by atoms with E-state index in [1.165, 1.54) is 16.0 Å². The van der Waals surface area contributed by atoms with Gasteiger partial charge in [0.25, 0.3) is 5.91 Å². The van der Waals surface area contributed by atoms with Crippen molar-refractivity contribution in [3.63, 3.8) is 0 Å². The van der Waals surface area contributed by atoms with Crippen molar-refractivity contribution in [3.8, 4) is 0 Å². The van der Waals surface area contributed by atoms with Gasteiger partial charge in [0.2, 0.25) is 0 Å². The summed E-state index contributed by atoms with van der Waals surface area (Å²) in [5.41, 5.74) is 2.37. The van der Waals surface area contributed by atoms with Crippen molar-refractivity contribution in [2.24, 2.45) is 0 Å². The molecular weight excluding hydrogens is 356 g/mol. The van der Waals surface area contributed by atoms with Crippen LogP contribution in [0.2, 0.25) is 0 Å². The number of hydrogen-bond acceptors (Lipinski definition) is 4. The molecule has 1 atom stereocenters. The fraction of sp³-hybridized carbons (Fsp3) is 0.500. The minimum absolute atomic E-state index is 0.169. The molecule has 1 N–H and O–H groups in total. The summed E-state index contributed by atoms with van der Waals surface area (Å²) in [5.74, 6) is 0.199. The molecule has 5 rings (SSSR count). The number of likely N-dealkylation sites (tertiary alicyclic amines) is 1. The van der Waals surface area contributed by atoms with Crippen molar-refractivity contribution in [1.29, 1.82) is 0 Å². The number of thiophene rings is 1. The number of nitrogens with one attached hydrogen (secondary N) is 1. The van der Waals surface area contributed by atoms with Gasteiger partial charge < -0.3 is 15.0 Å². The third kappa shape index (κ3) is 3.02. The van der Waals surface area contributed by atoms with Crippen molar-refractivity contribution >= 4 is 17.2 Å². The van der Waals surface area contributed by atoms with Crippen LogP contribution in [0.5, 0.6) is 0 Å². The largest absolute Gasteiger partial charge is 0.370 e. The maximum absolute atomic E-state index is 13.4. The van der Waals surface area contributed by atoms with Crippen LogP contribution in [0, 0.1) is 0 Å². The Labute approximate surface area is 164 Å². The quantitative estimate of drug-likeness (QED) is 0.857. The third-order valence-electron chi connectivity index (χ3n) is 6.33. The smallest absolute Gasteiger partial charge is 0.264 e. The molecule has 1 aromatic carbocycles. The van der Waals surface area contributed by atoms with Crippen molar-refractivity contribution in [2.75, 3.05) is 26.2 Å². The van der Waals surface area contributed by atoms with Crippen LogP contribution in [0.15, 0.2) is 36.4 Å². The zero-order valence-electron chi connectivity index (χ0n) is 15.6. The van der Waals surface area contributed by atoms with Gasteiger partial charge >= 0.3 is 0 Å². The van der Waals surface area contributed by atoms with Gasteiger partial charge in [-0.25, -0.2) is 0 Å². The Balaban J connectivity index is 1.44. The molecule has 1 aromatic heterocycles. The second-order valence-corrected chi connectivity index (χ2v) is 8.99. The van der Waals surface area contributed by atoms with Crippen molar-refractivity contribution < 1.29 is 9.53 Å². The molecule has 0 aliphatic carbocycles. The molecule has 2 fully saturated rings. The molecular formula is C22H26N2O2S. The molecule has 3 aliphatic rings. The number of rotatable bonds is 2. The molecule has 3 aliphatic heterocycles. The van der Waals surface area contributed by atoms with E-state index in [1.807, 2.05) is 6.07 Å². The Morgan fingerprint density at radius 1 is 1.22 bits per heavy atom. The van der Waals surface area contributed by atoms with E-state index in [2.05, 4.69) is 40.5 Å².